The molecule has 2 aromatic heterocycles. The fourth-order valence-corrected chi connectivity index (χ4v) is 2.52. The van der Waals surface area contributed by atoms with Crippen LogP contribution in [0.5, 0.6) is 0 Å². The number of rotatable bonds is 0. The van der Waals surface area contributed by atoms with Gasteiger partial charge in [0.15, 0.2) is 0 Å². The van der Waals surface area contributed by atoms with Crippen molar-refractivity contribution < 1.29 is 0 Å². The molecule has 0 aliphatic heterocycles. The number of thiazole rings is 1. The number of fused-ring (bicyclic) bond motifs is 1. The Labute approximate surface area is 103 Å². The van der Waals surface area contributed by atoms with Gasteiger partial charge in [-0.25, -0.2) is 4.98 Å². The lowest BCUT2D eigenvalue weighted by molar-refractivity contribution is 1.45. The van der Waals surface area contributed by atoms with E-state index in [2.05, 4.69) is 54.5 Å². The molecule has 0 N–H and O–H groups in total. The Morgan fingerprint density at radius 3 is 2.56 bits per heavy atom. The first kappa shape index (κ1) is 11.3. The lowest BCUT2D eigenvalue weighted by atomic mass is 10.2. The summed E-state index contributed by atoms with van der Waals surface area (Å²) in [5, 5.41) is 2.08. The zero-order valence-electron chi connectivity index (χ0n) is 9.31. The van der Waals surface area contributed by atoms with Gasteiger partial charge in [-0.3, -0.25) is 0 Å². The molecule has 0 amide bonds. The van der Waals surface area contributed by atoms with Gasteiger partial charge in [-0.1, -0.05) is 12.1 Å². The zero-order valence-corrected chi connectivity index (χ0v) is 10.9. The fraction of sp³-hybridized carbons (Fsp3) is 0.154. The molecular weight excluding hydrogens is 234 g/mol. The predicted octanol–water partition coefficient (Wildman–Crippen LogP) is 4.66. The lowest BCUT2D eigenvalue weighted by Crippen LogP contribution is -1.69. The SMILES string of the molecule is Cc1ccc2scnc2c1.Cc1cccs1. The van der Waals surface area contributed by atoms with E-state index in [-0.39, 0.29) is 0 Å². The molecule has 82 valence electrons. The summed E-state index contributed by atoms with van der Waals surface area (Å²) in [4.78, 5) is 5.58. The van der Waals surface area contributed by atoms with Gasteiger partial charge in [-0.15, -0.1) is 22.7 Å². The fourth-order valence-electron chi connectivity index (χ4n) is 1.33. The van der Waals surface area contributed by atoms with Crippen LogP contribution in [0.3, 0.4) is 0 Å². The van der Waals surface area contributed by atoms with Crippen LogP contribution in [0.4, 0.5) is 0 Å². The Hall–Kier alpha value is -1.19. The van der Waals surface area contributed by atoms with E-state index in [1.807, 2.05) is 5.51 Å². The van der Waals surface area contributed by atoms with Crippen molar-refractivity contribution in [1.82, 2.24) is 4.98 Å². The van der Waals surface area contributed by atoms with Crippen molar-refractivity contribution in [3.05, 3.63) is 51.7 Å². The van der Waals surface area contributed by atoms with Crippen LogP contribution < -0.4 is 0 Å². The van der Waals surface area contributed by atoms with Gasteiger partial charge in [0, 0.05) is 4.88 Å². The number of benzene rings is 1. The van der Waals surface area contributed by atoms with Crippen LogP contribution >= 0.6 is 22.7 Å². The van der Waals surface area contributed by atoms with Gasteiger partial charge in [-0.05, 0) is 43.0 Å². The van der Waals surface area contributed by atoms with Crippen molar-refractivity contribution in [2.45, 2.75) is 13.8 Å². The normalized spacial score (nSPS) is 9.88. The number of aromatic nitrogens is 1. The maximum absolute atomic E-state index is 4.20. The second-order valence-electron chi connectivity index (χ2n) is 3.55. The lowest BCUT2D eigenvalue weighted by Gasteiger charge is -1.88. The molecule has 0 aliphatic carbocycles. The second-order valence-corrected chi connectivity index (χ2v) is 5.59. The molecule has 0 bridgehead atoms. The maximum Gasteiger partial charge on any atom is 0.0814 e. The number of hydrogen-bond donors (Lipinski definition) is 0. The molecule has 0 aliphatic rings. The molecule has 0 fully saturated rings. The highest BCUT2D eigenvalue weighted by atomic mass is 32.1. The van der Waals surface area contributed by atoms with Crippen LogP contribution in [0.15, 0.2) is 41.2 Å². The monoisotopic (exact) mass is 247 g/mol. The van der Waals surface area contributed by atoms with Gasteiger partial charge in [0.2, 0.25) is 0 Å². The molecule has 0 spiro atoms. The Balaban J connectivity index is 0.000000138. The third kappa shape index (κ3) is 2.90. The smallest absolute Gasteiger partial charge is 0.0814 e. The molecule has 0 unspecified atom stereocenters. The minimum absolute atomic E-state index is 1.12. The molecule has 3 heteroatoms. The third-order valence-electron chi connectivity index (χ3n) is 2.15. The summed E-state index contributed by atoms with van der Waals surface area (Å²) in [6, 6.07) is 10.5. The summed E-state index contributed by atoms with van der Waals surface area (Å²) in [5.41, 5.74) is 4.27. The van der Waals surface area contributed by atoms with Crippen molar-refractivity contribution in [1.29, 1.82) is 0 Å². The molecule has 2 heterocycles. The number of hydrogen-bond acceptors (Lipinski definition) is 3. The molecule has 1 nitrogen and oxygen atoms in total. The number of aryl methyl sites for hydroxylation is 2. The van der Waals surface area contributed by atoms with Gasteiger partial charge < -0.3 is 0 Å². The molecule has 0 atom stereocenters. The van der Waals surface area contributed by atoms with E-state index in [0.29, 0.717) is 0 Å². The zero-order chi connectivity index (χ0) is 11.4. The van der Waals surface area contributed by atoms with E-state index in [1.165, 1.54) is 15.1 Å². The molecule has 0 saturated carbocycles. The number of thiophene rings is 1. The van der Waals surface area contributed by atoms with Crippen molar-refractivity contribution in [3.63, 3.8) is 0 Å². The summed E-state index contributed by atoms with van der Waals surface area (Å²) in [5.74, 6) is 0. The Bertz CT molecular complexity index is 552. The van der Waals surface area contributed by atoms with Crippen LogP contribution in [-0.4, -0.2) is 4.98 Å². The predicted molar refractivity (Wildman–Crippen MR) is 73.4 cm³/mol. The topological polar surface area (TPSA) is 12.9 Å². The van der Waals surface area contributed by atoms with E-state index in [1.54, 1.807) is 22.7 Å². The summed E-state index contributed by atoms with van der Waals surface area (Å²) < 4.78 is 1.27. The Kier molecular flexibility index (Phi) is 3.70. The maximum atomic E-state index is 4.20. The third-order valence-corrected chi connectivity index (χ3v) is 3.76. The van der Waals surface area contributed by atoms with E-state index in [4.69, 9.17) is 0 Å². The minimum Gasteiger partial charge on any atom is -0.245 e. The van der Waals surface area contributed by atoms with Crippen LogP contribution in [0.25, 0.3) is 10.2 Å². The van der Waals surface area contributed by atoms with Crippen LogP contribution in [0, 0.1) is 13.8 Å². The van der Waals surface area contributed by atoms with Gasteiger partial charge in [0.05, 0.1) is 15.7 Å². The average Bonchev–Trinajstić information content (AvgIpc) is 2.88. The molecule has 16 heavy (non-hydrogen) atoms. The van der Waals surface area contributed by atoms with Crippen LogP contribution in [-0.2, 0) is 0 Å². The molecule has 0 radical (unpaired) electrons. The minimum atomic E-state index is 1.12. The molecule has 0 saturated heterocycles. The van der Waals surface area contributed by atoms with Gasteiger partial charge >= 0.3 is 0 Å². The highest BCUT2D eigenvalue weighted by Gasteiger charge is 1.93. The Morgan fingerprint density at radius 1 is 1.06 bits per heavy atom. The molecular formula is C13H13NS2. The quantitative estimate of drug-likeness (QED) is 0.563. The van der Waals surface area contributed by atoms with Crippen molar-refractivity contribution >= 4 is 32.9 Å². The summed E-state index contributed by atoms with van der Waals surface area (Å²) >= 11 is 3.46. The first-order valence-electron chi connectivity index (χ1n) is 5.05. The van der Waals surface area contributed by atoms with E-state index in [0.717, 1.165) is 5.52 Å². The first-order chi connectivity index (χ1) is 7.75. The second kappa shape index (κ2) is 5.23. The first-order valence-corrected chi connectivity index (χ1v) is 6.81. The molecule has 3 rings (SSSR count). The summed E-state index contributed by atoms with van der Waals surface area (Å²) in [7, 11) is 0. The van der Waals surface area contributed by atoms with Gasteiger partial charge in [0.1, 0.15) is 0 Å². The van der Waals surface area contributed by atoms with Crippen molar-refractivity contribution in [2.75, 3.05) is 0 Å². The van der Waals surface area contributed by atoms with Crippen LogP contribution in [0.2, 0.25) is 0 Å². The highest BCUT2D eigenvalue weighted by molar-refractivity contribution is 7.16. The average molecular weight is 247 g/mol. The Morgan fingerprint density at radius 2 is 1.94 bits per heavy atom. The van der Waals surface area contributed by atoms with E-state index >= 15 is 0 Å². The number of nitrogens with zero attached hydrogens (tertiary/aromatic N) is 1. The van der Waals surface area contributed by atoms with Crippen molar-refractivity contribution in [3.8, 4) is 0 Å². The van der Waals surface area contributed by atoms with E-state index < -0.39 is 0 Å². The summed E-state index contributed by atoms with van der Waals surface area (Å²) in [6.07, 6.45) is 0. The van der Waals surface area contributed by atoms with Gasteiger partial charge in [-0.2, -0.15) is 0 Å². The highest BCUT2D eigenvalue weighted by Crippen LogP contribution is 2.17. The van der Waals surface area contributed by atoms with E-state index in [9.17, 15) is 0 Å². The van der Waals surface area contributed by atoms with Crippen molar-refractivity contribution in [2.24, 2.45) is 0 Å². The molecule has 3 aromatic rings. The molecule has 1 aromatic carbocycles. The largest absolute Gasteiger partial charge is 0.245 e. The summed E-state index contributed by atoms with van der Waals surface area (Å²) in [6.45, 7) is 4.18. The standard InChI is InChI=1S/C8H7NS.C5H6S/c1-6-2-3-8-7(4-6)9-5-10-8;1-5-3-2-4-6-5/h2-5H,1H3;2-4H,1H3. The van der Waals surface area contributed by atoms with Gasteiger partial charge in [0.25, 0.3) is 0 Å². The van der Waals surface area contributed by atoms with Crippen LogP contribution in [0.1, 0.15) is 10.4 Å².